The zero-order valence-corrected chi connectivity index (χ0v) is 19.1. The van der Waals surface area contributed by atoms with Gasteiger partial charge in [-0.05, 0) is 109 Å². The molecule has 2 aliphatic carbocycles. The molecule has 0 N–H and O–H groups in total. The molecule has 158 valence electrons. The van der Waals surface area contributed by atoms with Crippen molar-refractivity contribution in [3.8, 4) is 0 Å². The van der Waals surface area contributed by atoms with E-state index >= 15 is 0 Å². The molecule has 3 nitrogen and oxygen atoms in total. The molecule has 0 aromatic carbocycles. The van der Waals surface area contributed by atoms with E-state index in [4.69, 9.17) is 4.74 Å². The molecule has 0 amide bonds. The maximum Gasteiger partial charge on any atom is 0.0589 e. The Labute approximate surface area is 169 Å². The van der Waals surface area contributed by atoms with Gasteiger partial charge in [-0.2, -0.15) is 0 Å². The Morgan fingerprint density at radius 3 is 2.15 bits per heavy atom. The summed E-state index contributed by atoms with van der Waals surface area (Å²) >= 11 is 0. The van der Waals surface area contributed by atoms with E-state index in [-0.39, 0.29) is 0 Å². The van der Waals surface area contributed by atoms with Gasteiger partial charge in [0.05, 0.1) is 12.2 Å². The van der Waals surface area contributed by atoms with Gasteiger partial charge in [0.15, 0.2) is 0 Å². The first-order chi connectivity index (χ1) is 12.7. The van der Waals surface area contributed by atoms with Gasteiger partial charge in [0.1, 0.15) is 0 Å². The first-order valence-electron chi connectivity index (χ1n) is 11.8. The Morgan fingerprint density at radius 2 is 1.63 bits per heavy atom. The first kappa shape index (κ1) is 21.6. The van der Waals surface area contributed by atoms with Gasteiger partial charge in [-0.25, -0.2) is 0 Å². The van der Waals surface area contributed by atoms with Crippen molar-refractivity contribution < 1.29 is 4.74 Å². The average Bonchev–Trinajstić information content (AvgIpc) is 3.31. The van der Waals surface area contributed by atoms with Crippen LogP contribution >= 0.6 is 0 Å². The predicted octanol–water partition coefficient (Wildman–Crippen LogP) is 5.19. The molecule has 3 heteroatoms. The number of likely N-dealkylation sites (tertiary alicyclic amines) is 1. The van der Waals surface area contributed by atoms with Gasteiger partial charge >= 0.3 is 0 Å². The highest BCUT2D eigenvalue weighted by atomic mass is 16.5. The monoisotopic (exact) mass is 378 g/mol. The van der Waals surface area contributed by atoms with Gasteiger partial charge < -0.3 is 14.5 Å². The minimum atomic E-state index is 0.402. The number of nitrogens with zero attached hydrogens (tertiary/aromatic N) is 2. The van der Waals surface area contributed by atoms with Crippen molar-refractivity contribution >= 4 is 0 Å². The lowest BCUT2D eigenvalue weighted by Gasteiger charge is -2.53. The zero-order valence-electron chi connectivity index (χ0n) is 19.1. The fourth-order valence-corrected chi connectivity index (χ4v) is 5.58. The van der Waals surface area contributed by atoms with Crippen LogP contribution in [-0.4, -0.2) is 61.3 Å². The summed E-state index contributed by atoms with van der Waals surface area (Å²) in [5.41, 5.74) is 1.33. The predicted molar refractivity (Wildman–Crippen MR) is 115 cm³/mol. The minimum Gasteiger partial charge on any atom is -0.375 e. The van der Waals surface area contributed by atoms with Crippen LogP contribution in [-0.2, 0) is 4.74 Å². The molecule has 0 bridgehead atoms. The highest BCUT2D eigenvalue weighted by Gasteiger charge is 2.49. The largest absolute Gasteiger partial charge is 0.375 e. The van der Waals surface area contributed by atoms with E-state index in [0.717, 1.165) is 18.9 Å². The fraction of sp³-hybridized carbons (Fsp3) is 1.00. The van der Waals surface area contributed by atoms with Crippen LogP contribution in [0.2, 0.25) is 0 Å². The van der Waals surface area contributed by atoms with Gasteiger partial charge in [0.2, 0.25) is 0 Å². The van der Waals surface area contributed by atoms with Crippen LogP contribution in [0.25, 0.3) is 0 Å². The van der Waals surface area contributed by atoms with Crippen LogP contribution in [0.3, 0.4) is 0 Å². The van der Waals surface area contributed by atoms with Crippen LogP contribution in [0.15, 0.2) is 0 Å². The van der Waals surface area contributed by atoms with E-state index in [0.29, 0.717) is 29.1 Å². The van der Waals surface area contributed by atoms with Crippen LogP contribution < -0.4 is 0 Å². The molecule has 3 rings (SSSR count). The van der Waals surface area contributed by atoms with Gasteiger partial charge in [0.25, 0.3) is 0 Å². The summed E-state index contributed by atoms with van der Waals surface area (Å²) < 4.78 is 6.36. The fourth-order valence-electron chi connectivity index (χ4n) is 5.58. The number of hydrogen-bond donors (Lipinski definition) is 0. The molecule has 1 heterocycles. The van der Waals surface area contributed by atoms with Crippen LogP contribution in [0.4, 0.5) is 0 Å². The van der Waals surface area contributed by atoms with E-state index < -0.39 is 0 Å². The van der Waals surface area contributed by atoms with Crippen LogP contribution in [0, 0.1) is 16.7 Å². The molecule has 1 saturated heterocycles. The second-order valence-electron chi connectivity index (χ2n) is 11.2. The molecule has 0 aromatic rings. The normalized spacial score (nSPS) is 26.1. The second-order valence-corrected chi connectivity index (χ2v) is 11.2. The first-order valence-corrected chi connectivity index (χ1v) is 11.8. The third-order valence-corrected chi connectivity index (χ3v) is 7.79. The quantitative estimate of drug-likeness (QED) is 0.520. The zero-order chi connectivity index (χ0) is 19.7. The van der Waals surface area contributed by atoms with Crippen molar-refractivity contribution in [2.24, 2.45) is 16.7 Å². The molecule has 0 radical (unpaired) electrons. The molecule has 1 aliphatic heterocycles. The minimum absolute atomic E-state index is 0.402. The van der Waals surface area contributed by atoms with Gasteiger partial charge in [-0.15, -0.1) is 0 Å². The van der Waals surface area contributed by atoms with Crippen molar-refractivity contribution in [3.63, 3.8) is 0 Å². The molecule has 0 aromatic heterocycles. The van der Waals surface area contributed by atoms with E-state index in [1.54, 1.807) is 0 Å². The summed E-state index contributed by atoms with van der Waals surface area (Å²) in [6, 6.07) is 0.629. The third kappa shape index (κ3) is 5.93. The molecule has 1 atom stereocenters. The number of ether oxygens (including phenoxy) is 1. The Balaban J connectivity index is 1.32. The summed E-state index contributed by atoms with van der Waals surface area (Å²) in [6.07, 6.45) is 12.0. The summed E-state index contributed by atoms with van der Waals surface area (Å²) in [5.74, 6) is 0.857. The average molecular weight is 379 g/mol. The van der Waals surface area contributed by atoms with E-state index in [2.05, 4.69) is 51.5 Å². The highest BCUT2D eigenvalue weighted by Crippen LogP contribution is 2.54. The van der Waals surface area contributed by atoms with Crippen molar-refractivity contribution in [1.29, 1.82) is 0 Å². The summed E-state index contributed by atoms with van der Waals surface area (Å²) in [5, 5.41) is 0. The smallest absolute Gasteiger partial charge is 0.0589 e. The molecule has 1 spiro atoms. The highest BCUT2D eigenvalue weighted by molar-refractivity contribution is 5.01. The van der Waals surface area contributed by atoms with E-state index in [1.807, 2.05) is 0 Å². The maximum absolute atomic E-state index is 6.36. The molecular formula is C24H46N2O. The molecular weight excluding hydrogens is 332 g/mol. The topological polar surface area (TPSA) is 15.7 Å². The van der Waals surface area contributed by atoms with Crippen molar-refractivity contribution in [2.45, 2.75) is 104 Å². The lowest BCUT2D eigenvalue weighted by atomic mass is 9.61. The Bertz CT molecular complexity index is 455. The number of hydrogen-bond acceptors (Lipinski definition) is 3. The SMILES string of the molecule is CC(C)CC1(CN2CCC3(CC2)CC(OC(C)CCN(C)C(C)C)C3)CC1. The van der Waals surface area contributed by atoms with Crippen LogP contribution in [0.5, 0.6) is 0 Å². The molecule has 2 saturated carbocycles. The van der Waals surface area contributed by atoms with E-state index in [1.165, 1.54) is 64.6 Å². The lowest BCUT2D eigenvalue weighted by molar-refractivity contribution is -0.130. The lowest BCUT2D eigenvalue weighted by Crippen LogP contribution is -2.51. The van der Waals surface area contributed by atoms with Gasteiger partial charge in [-0.1, -0.05) is 13.8 Å². The van der Waals surface area contributed by atoms with Crippen molar-refractivity contribution in [1.82, 2.24) is 9.80 Å². The number of rotatable bonds is 10. The molecule has 3 aliphatic rings. The van der Waals surface area contributed by atoms with E-state index in [9.17, 15) is 0 Å². The van der Waals surface area contributed by atoms with Crippen molar-refractivity contribution in [2.75, 3.05) is 33.2 Å². The molecule has 27 heavy (non-hydrogen) atoms. The standard InChI is InChI=1S/C24H46N2O/c1-19(2)15-24(8-9-24)18-26-13-10-23(11-14-26)16-22(17-23)27-21(5)7-12-25(6)20(3)4/h19-22H,7-18H2,1-6H3. The maximum atomic E-state index is 6.36. The van der Waals surface area contributed by atoms with Gasteiger partial charge in [0, 0.05) is 19.1 Å². The summed E-state index contributed by atoms with van der Waals surface area (Å²) in [6.45, 7) is 16.8. The Morgan fingerprint density at radius 1 is 1.00 bits per heavy atom. The third-order valence-electron chi connectivity index (χ3n) is 7.79. The Kier molecular flexibility index (Phi) is 6.97. The Hall–Kier alpha value is -0.120. The van der Waals surface area contributed by atoms with Crippen molar-refractivity contribution in [3.05, 3.63) is 0 Å². The molecule has 1 unspecified atom stereocenters. The second kappa shape index (κ2) is 8.71. The summed E-state index contributed by atoms with van der Waals surface area (Å²) in [4.78, 5) is 5.21. The molecule has 3 fully saturated rings. The number of piperidine rings is 1. The van der Waals surface area contributed by atoms with Gasteiger partial charge in [-0.3, -0.25) is 0 Å². The van der Waals surface area contributed by atoms with Crippen LogP contribution in [0.1, 0.15) is 86.0 Å². The summed E-state index contributed by atoms with van der Waals surface area (Å²) in [7, 11) is 2.22.